The van der Waals surface area contributed by atoms with Gasteiger partial charge in [-0.05, 0) is 36.2 Å². The highest BCUT2D eigenvalue weighted by Gasteiger charge is 2.25. The predicted octanol–water partition coefficient (Wildman–Crippen LogP) is 4.50. The van der Waals surface area contributed by atoms with Gasteiger partial charge in [-0.15, -0.1) is 0 Å². The van der Waals surface area contributed by atoms with E-state index in [2.05, 4.69) is 26.6 Å². The fraction of sp³-hybridized carbons (Fsp3) is 0.222. The second-order valence-electron chi connectivity index (χ2n) is 5.67. The summed E-state index contributed by atoms with van der Waals surface area (Å²) >= 11 is 9.40. The van der Waals surface area contributed by atoms with E-state index >= 15 is 0 Å². The Kier molecular flexibility index (Phi) is 6.40. The van der Waals surface area contributed by atoms with Crippen LogP contribution in [0.15, 0.2) is 53.0 Å². The molecule has 24 heavy (non-hydrogen) atoms. The van der Waals surface area contributed by atoms with Gasteiger partial charge in [0.05, 0.1) is 10.6 Å². The van der Waals surface area contributed by atoms with Crippen LogP contribution in [0.5, 0.6) is 0 Å². The number of halogens is 2. The van der Waals surface area contributed by atoms with E-state index in [-0.39, 0.29) is 17.7 Å². The van der Waals surface area contributed by atoms with Crippen LogP contribution in [-0.4, -0.2) is 17.9 Å². The number of benzene rings is 2. The van der Waals surface area contributed by atoms with Crippen molar-refractivity contribution in [2.24, 2.45) is 5.92 Å². The molecule has 0 unspecified atom stereocenters. The maximum atomic E-state index is 12.5. The summed E-state index contributed by atoms with van der Waals surface area (Å²) in [5, 5.41) is 5.93. The van der Waals surface area contributed by atoms with E-state index in [4.69, 9.17) is 11.6 Å². The van der Waals surface area contributed by atoms with Gasteiger partial charge in [0.25, 0.3) is 5.91 Å². The highest BCUT2D eigenvalue weighted by molar-refractivity contribution is 9.10. The third-order valence-electron chi connectivity index (χ3n) is 3.45. The topological polar surface area (TPSA) is 58.2 Å². The lowest BCUT2D eigenvalue weighted by Crippen LogP contribution is -2.47. The first-order chi connectivity index (χ1) is 11.4. The molecule has 0 heterocycles. The molecule has 0 aliphatic carbocycles. The summed E-state index contributed by atoms with van der Waals surface area (Å²) in [6, 6.07) is 13.4. The average Bonchev–Trinajstić information content (AvgIpc) is 2.52. The first kappa shape index (κ1) is 18.5. The third-order valence-corrected chi connectivity index (χ3v) is 4.27. The summed E-state index contributed by atoms with van der Waals surface area (Å²) in [7, 11) is 0. The van der Waals surface area contributed by atoms with E-state index < -0.39 is 6.04 Å². The Balaban J connectivity index is 2.13. The zero-order valence-electron chi connectivity index (χ0n) is 13.3. The SMILES string of the molecule is CC(C)[C@H](NC(=O)c1ccccc1Cl)C(=O)Nc1cccc(Br)c1. The summed E-state index contributed by atoms with van der Waals surface area (Å²) in [5.41, 5.74) is 1.01. The summed E-state index contributed by atoms with van der Waals surface area (Å²) in [6.07, 6.45) is 0. The smallest absolute Gasteiger partial charge is 0.253 e. The number of amides is 2. The van der Waals surface area contributed by atoms with Gasteiger partial charge in [-0.25, -0.2) is 0 Å². The van der Waals surface area contributed by atoms with E-state index in [1.54, 1.807) is 36.4 Å². The third kappa shape index (κ3) is 4.82. The Morgan fingerprint density at radius 3 is 2.42 bits per heavy atom. The molecule has 6 heteroatoms. The van der Waals surface area contributed by atoms with Gasteiger partial charge in [-0.1, -0.05) is 59.6 Å². The largest absolute Gasteiger partial charge is 0.340 e. The number of hydrogen-bond donors (Lipinski definition) is 2. The lowest BCUT2D eigenvalue weighted by Gasteiger charge is -2.22. The van der Waals surface area contributed by atoms with E-state index in [0.717, 1.165) is 4.47 Å². The van der Waals surface area contributed by atoms with Gasteiger partial charge in [-0.2, -0.15) is 0 Å². The van der Waals surface area contributed by atoms with Crippen LogP contribution >= 0.6 is 27.5 Å². The van der Waals surface area contributed by atoms with E-state index in [1.165, 1.54) is 0 Å². The quantitative estimate of drug-likeness (QED) is 0.764. The van der Waals surface area contributed by atoms with Gasteiger partial charge >= 0.3 is 0 Å². The molecule has 2 N–H and O–H groups in total. The number of rotatable bonds is 5. The van der Waals surface area contributed by atoms with E-state index in [1.807, 2.05) is 26.0 Å². The van der Waals surface area contributed by atoms with Gasteiger partial charge in [0, 0.05) is 10.2 Å². The molecule has 4 nitrogen and oxygen atoms in total. The average molecular weight is 410 g/mol. The fourth-order valence-electron chi connectivity index (χ4n) is 2.19. The minimum absolute atomic E-state index is 0.0800. The molecule has 0 saturated heterocycles. The Hall–Kier alpha value is -1.85. The minimum Gasteiger partial charge on any atom is -0.340 e. The van der Waals surface area contributed by atoms with Crippen LogP contribution in [-0.2, 0) is 4.79 Å². The zero-order valence-corrected chi connectivity index (χ0v) is 15.7. The van der Waals surface area contributed by atoms with Crippen molar-refractivity contribution in [3.8, 4) is 0 Å². The van der Waals surface area contributed by atoms with Crippen molar-refractivity contribution in [3.63, 3.8) is 0 Å². The van der Waals surface area contributed by atoms with Crippen molar-refractivity contribution in [3.05, 3.63) is 63.6 Å². The first-order valence-corrected chi connectivity index (χ1v) is 8.67. The highest BCUT2D eigenvalue weighted by Crippen LogP contribution is 2.18. The van der Waals surface area contributed by atoms with Crippen LogP contribution in [0.1, 0.15) is 24.2 Å². The normalized spacial score (nSPS) is 11.9. The van der Waals surface area contributed by atoms with Crippen LogP contribution in [0.3, 0.4) is 0 Å². The molecular weight excluding hydrogens is 392 g/mol. The van der Waals surface area contributed by atoms with E-state index in [0.29, 0.717) is 16.3 Å². The minimum atomic E-state index is -0.673. The number of hydrogen-bond acceptors (Lipinski definition) is 2. The Bertz CT molecular complexity index is 749. The van der Waals surface area contributed by atoms with Gasteiger partial charge < -0.3 is 10.6 Å². The molecule has 2 aromatic rings. The first-order valence-electron chi connectivity index (χ1n) is 7.50. The van der Waals surface area contributed by atoms with Crippen LogP contribution in [0, 0.1) is 5.92 Å². The van der Waals surface area contributed by atoms with Gasteiger partial charge in [0.15, 0.2) is 0 Å². The van der Waals surface area contributed by atoms with Crippen molar-refractivity contribution >= 4 is 45.0 Å². The van der Waals surface area contributed by atoms with Crippen molar-refractivity contribution in [1.82, 2.24) is 5.32 Å². The highest BCUT2D eigenvalue weighted by atomic mass is 79.9. The molecule has 0 aliphatic heterocycles. The molecule has 0 bridgehead atoms. The van der Waals surface area contributed by atoms with Crippen molar-refractivity contribution in [2.45, 2.75) is 19.9 Å². The Labute approximate surface area is 154 Å². The monoisotopic (exact) mass is 408 g/mol. The van der Waals surface area contributed by atoms with Crippen LogP contribution in [0.4, 0.5) is 5.69 Å². The van der Waals surface area contributed by atoms with Crippen molar-refractivity contribution < 1.29 is 9.59 Å². The fourth-order valence-corrected chi connectivity index (χ4v) is 2.81. The number of carbonyl (C=O) groups excluding carboxylic acids is 2. The standard InChI is InChI=1S/C18H18BrClN2O2/c1-11(2)16(18(24)21-13-7-5-6-12(19)10-13)22-17(23)14-8-3-4-9-15(14)20/h3-11,16H,1-2H3,(H,21,24)(H,22,23)/t16-/m0/s1. The van der Waals surface area contributed by atoms with Gasteiger partial charge in [0.2, 0.25) is 5.91 Å². The molecule has 0 aliphatic rings. The molecule has 0 spiro atoms. The van der Waals surface area contributed by atoms with Crippen molar-refractivity contribution in [2.75, 3.05) is 5.32 Å². The molecule has 2 amide bonds. The zero-order chi connectivity index (χ0) is 17.7. The van der Waals surface area contributed by atoms with Gasteiger partial charge in [0.1, 0.15) is 6.04 Å². The van der Waals surface area contributed by atoms with Crippen molar-refractivity contribution in [1.29, 1.82) is 0 Å². The number of nitrogens with one attached hydrogen (secondary N) is 2. The number of carbonyl (C=O) groups is 2. The molecule has 2 aromatic carbocycles. The van der Waals surface area contributed by atoms with E-state index in [9.17, 15) is 9.59 Å². The lowest BCUT2D eigenvalue weighted by molar-refractivity contribution is -0.118. The molecular formula is C18H18BrClN2O2. The number of anilines is 1. The molecule has 0 saturated carbocycles. The molecule has 2 rings (SSSR count). The maximum Gasteiger partial charge on any atom is 0.253 e. The Morgan fingerprint density at radius 2 is 1.79 bits per heavy atom. The lowest BCUT2D eigenvalue weighted by atomic mass is 10.0. The molecule has 0 radical (unpaired) electrons. The summed E-state index contributed by atoms with van der Waals surface area (Å²) in [6.45, 7) is 3.75. The van der Waals surface area contributed by atoms with Crippen LogP contribution < -0.4 is 10.6 Å². The van der Waals surface area contributed by atoms with Gasteiger partial charge in [-0.3, -0.25) is 9.59 Å². The molecule has 0 fully saturated rings. The molecule has 126 valence electrons. The molecule has 1 atom stereocenters. The Morgan fingerprint density at radius 1 is 1.08 bits per heavy atom. The van der Waals surface area contributed by atoms with Crippen LogP contribution in [0.2, 0.25) is 5.02 Å². The summed E-state index contributed by atoms with van der Waals surface area (Å²) in [4.78, 5) is 25.0. The summed E-state index contributed by atoms with van der Waals surface area (Å²) < 4.78 is 0.862. The summed E-state index contributed by atoms with van der Waals surface area (Å²) in [5.74, 6) is -0.726. The predicted molar refractivity (Wildman–Crippen MR) is 100 cm³/mol. The molecule has 0 aromatic heterocycles. The maximum absolute atomic E-state index is 12.5. The van der Waals surface area contributed by atoms with Crippen LogP contribution in [0.25, 0.3) is 0 Å². The second-order valence-corrected chi connectivity index (χ2v) is 7.00. The second kappa shape index (κ2) is 8.31.